The molecule has 3 rings (SSSR count). The highest BCUT2D eigenvalue weighted by atomic mass is 19.1. The molecule has 0 saturated heterocycles. The van der Waals surface area contributed by atoms with E-state index in [0.29, 0.717) is 11.5 Å². The van der Waals surface area contributed by atoms with Gasteiger partial charge in [0.15, 0.2) is 11.6 Å². The largest absolute Gasteiger partial charge is 0.505 e. The van der Waals surface area contributed by atoms with Gasteiger partial charge in [0.1, 0.15) is 0 Å². The summed E-state index contributed by atoms with van der Waals surface area (Å²) in [6, 6.07) is 12.7. The Morgan fingerprint density at radius 3 is 2.24 bits per heavy atom. The molecule has 0 radical (unpaired) electrons. The fraction of sp³-hybridized carbons (Fsp3) is 0.391. The molecule has 0 heterocycles. The molecule has 1 fully saturated rings. The van der Waals surface area contributed by atoms with Gasteiger partial charge in [-0.25, -0.2) is 4.39 Å². The minimum Gasteiger partial charge on any atom is -0.505 e. The lowest BCUT2D eigenvalue weighted by molar-refractivity contribution is 0.308. The Balaban J connectivity index is 1.63. The van der Waals surface area contributed by atoms with Gasteiger partial charge in [0.2, 0.25) is 0 Å². The van der Waals surface area contributed by atoms with Gasteiger partial charge in [0, 0.05) is 11.1 Å². The van der Waals surface area contributed by atoms with Crippen LogP contribution < -0.4 is 0 Å². The quantitative estimate of drug-likeness (QED) is 0.681. The third kappa shape index (κ3) is 4.63. The number of phenols is 1. The molecule has 2 heteroatoms. The van der Waals surface area contributed by atoms with E-state index in [1.54, 1.807) is 6.07 Å². The van der Waals surface area contributed by atoms with Crippen molar-refractivity contribution in [3.63, 3.8) is 0 Å². The number of rotatable bonds is 3. The SMILES string of the molecule is CCCC1CCC(c2ccc(C#Cc3ccc(O)c(F)c3)cc2)CC1. The van der Waals surface area contributed by atoms with Crippen molar-refractivity contribution in [2.24, 2.45) is 5.92 Å². The standard InChI is InChI=1S/C23H25FO/c1-2-3-17-6-11-20(12-7-17)21-13-8-18(9-14-21)4-5-19-10-15-23(25)22(24)16-19/h8-10,13-17,20,25H,2-3,6-7,11-12H2,1H3. The van der Waals surface area contributed by atoms with Gasteiger partial charge in [-0.15, -0.1) is 0 Å². The molecule has 0 aliphatic heterocycles. The van der Waals surface area contributed by atoms with Gasteiger partial charge in [-0.1, -0.05) is 43.7 Å². The fourth-order valence-electron chi connectivity index (χ4n) is 3.76. The van der Waals surface area contributed by atoms with E-state index in [2.05, 4.69) is 43.0 Å². The van der Waals surface area contributed by atoms with Crippen LogP contribution in [-0.4, -0.2) is 5.11 Å². The van der Waals surface area contributed by atoms with Gasteiger partial charge < -0.3 is 5.11 Å². The fourth-order valence-corrected chi connectivity index (χ4v) is 3.76. The van der Waals surface area contributed by atoms with Crippen LogP contribution >= 0.6 is 0 Å². The molecule has 0 aromatic heterocycles. The monoisotopic (exact) mass is 336 g/mol. The van der Waals surface area contributed by atoms with Crippen LogP contribution in [0.1, 0.15) is 68.1 Å². The molecule has 0 amide bonds. The second kappa shape index (κ2) is 8.21. The molecule has 25 heavy (non-hydrogen) atoms. The first-order valence-corrected chi connectivity index (χ1v) is 9.26. The molecule has 0 unspecified atom stereocenters. The number of halogens is 1. The molecule has 1 aliphatic rings. The van der Waals surface area contributed by atoms with Crippen molar-refractivity contribution in [1.29, 1.82) is 0 Å². The number of hydrogen-bond acceptors (Lipinski definition) is 1. The van der Waals surface area contributed by atoms with Crippen LogP contribution in [0, 0.1) is 23.6 Å². The summed E-state index contributed by atoms with van der Waals surface area (Å²) in [5.74, 6) is 6.64. The summed E-state index contributed by atoms with van der Waals surface area (Å²) in [6.07, 6.45) is 7.97. The minimum atomic E-state index is -0.638. The van der Waals surface area contributed by atoms with E-state index in [1.165, 1.54) is 56.2 Å². The molecule has 0 spiro atoms. The summed E-state index contributed by atoms with van der Waals surface area (Å²) < 4.78 is 13.3. The van der Waals surface area contributed by atoms with Crippen molar-refractivity contribution in [3.05, 3.63) is 65.0 Å². The first-order chi connectivity index (χ1) is 12.2. The lowest BCUT2D eigenvalue weighted by Gasteiger charge is -2.28. The Labute approximate surface area is 149 Å². The predicted octanol–water partition coefficient (Wildman–Crippen LogP) is 6.01. The highest BCUT2D eigenvalue weighted by Crippen LogP contribution is 2.37. The summed E-state index contributed by atoms with van der Waals surface area (Å²) in [5.41, 5.74) is 2.90. The van der Waals surface area contributed by atoms with Crippen LogP contribution in [0.15, 0.2) is 42.5 Å². The van der Waals surface area contributed by atoms with Crippen molar-refractivity contribution in [1.82, 2.24) is 0 Å². The number of benzene rings is 2. The van der Waals surface area contributed by atoms with Crippen molar-refractivity contribution in [3.8, 4) is 17.6 Å². The second-order valence-corrected chi connectivity index (χ2v) is 7.04. The van der Waals surface area contributed by atoms with Gasteiger partial charge >= 0.3 is 0 Å². The smallest absolute Gasteiger partial charge is 0.166 e. The summed E-state index contributed by atoms with van der Waals surface area (Å²) in [4.78, 5) is 0. The zero-order valence-electron chi connectivity index (χ0n) is 14.8. The Hall–Kier alpha value is -2.27. The van der Waals surface area contributed by atoms with Crippen molar-refractivity contribution in [2.75, 3.05) is 0 Å². The zero-order valence-corrected chi connectivity index (χ0v) is 14.8. The first kappa shape index (κ1) is 17.5. The molecule has 1 aliphatic carbocycles. The molecule has 0 atom stereocenters. The van der Waals surface area contributed by atoms with Crippen LogP contribution in [0.3, 0.4) is 0 Å². The Morgan fingerprint density at radius 2 is 1.60 bits per heavy atom. The maximum Gasteiger partial charge on any atom is 0.166 e. The molecule has 0 bridgehead atoms. The van der Waals surface area contributed by atoms with E-state index in [-0.39, 0.29) is 5.75 Å². The Kier molecular flexibility index (Phi) is 5.76. The van der Waals surface area contributed by atoms with E-state index in [1.807, 2.05) is 0 Å². The van der Waals surface area contributed by atoms with Crippen LogP contribution in [0.2, 0.25) is 0 Å². The van der Waals surface area contributed by atoms with Gasteiger partial charge in [-0.3, -0.25) is 0 Å². The van der Waals surface area contributed by atoms with Gasteiger partial charge in [-0.2, -0.15) is 0 Å². The summed E-state index contributed by atoms with van der Waals surface area (Å²) in [5, 5.41) is 9.21. The van der Waals surface area contributed by atoms with E-state index in [9.17, 15) is 9.50 Å². The third-order valence-corrected chi connectivity index (χ3v) is 5.22. The molecule has 130 valence electrons. The predicted molar refractivity (Wildman–Crippen MR) is 100 cm³/mol. The second-order valence-electron chi connectivity index (χ2n) is 7.04. The third-order valence-electron chi connectivity index (χ3n) is 5.22. The normalized spacial score (nSPS) is 19.9. The highest BCUT2D eigenvalue weighted by Gasteiger charge is 2.21. The maximum absolute atomic E-state index is 13.3. The summed E-state index contributed by atoms with van der Waals surface area (Å²) in [7, 11) is 0. The topological polar surface area (TPSA) is 20.2 Å². The molecular formula is C23H25FO. The number of hydrogen-bond donors (Lipinski definition) is 1. The van der Waals surface area contributed by atoms with Gasteiger partial charge in [0.05, 0.1) is 0 Å². The average molecular weight is 336 g/mol. The summed E-state index contributed by atoms with van der Waals surface area (Å²) in [6.45, 7) is 2.28. The molecule has 1 saturated carbocycles. The van der Waals surface area contributed by atoms with Crippen LogP contribution in [-0.2, 0) is 0 Å². The summed E-state index contributed by atoms with van der Waals surface area (Å²) >= 11 is 0. The highest BCUT2D eigenvalue weighted by molar-refractivity contribution is 5.45. The van der Waals surface area contributed by atoms with E-state index >= 15 is 0 Å². The zero-order chi connectivity index (χ0) is 17.6. The van der Waals surface area contributed by atoms with E-state index < -0.39 is 5.82 Å². The lowest BCUT2D eigenvalue weighted by Crippen LogP contribution is -2.13. The minimum absolute atomic E-state index is 0.344. The van der Waals surface area contributed by atoms with Crippen LogP contribution in [0.5, 0.6) is 5.75 Å². The Morgan fingerprint density at radius 1 is 0.960 bits per heavy atom. The first-order valence-electron chi connectivity index (χ1n) is 9.26. The maximum atomic E-state index is 13.3. The molecular weight excluding hydrogens is 311 g/mol. The van der Waals surface area contributed by atoms with Crippen LogP contribution in [0.4, 0.5) is 4.39 Å². The van der Waals surface area contributed by atoms with E-state index in [4.69, 9.17) is 0 Å². The average Bonchev–Trinajstić information content (AvgIpc) is 2.64. The number of phenolic OH excluding ortho intramolecular Hbond substituents is 1. The molecule has 2 aromatic rings. The van der Waals surface area contributed by atoms with Crippen molar-refractivity contribution >= 4 is 0 Å². The van der Waals surface area contributed by atoms with Crippen molar-refractivity contribution < 1.29 is 9.50 Å². The molecule has 2 aromatic carbocycles. The van der Waals surface area contributed by atoms with Gasteiger partial charge in [-0.05, 0) is 73.4 Å². The molecule has 1 nitrogen and oxygen atoms in total. The lowest BCUT2D eigenvalue weighted by atomic mass is 9.77. The van der Waals surface area contributed by atoms with Gasteiger partial charge in [0.25, 0.3) is 0 Å². The van der Waals surface area contributed by atoms with E-state index in [0.717, 1.165) is 11.5 Å². The van der Waals surface area contributed by atoms with Crippen molar-refractivity contribution in [2.45, 2.75) is 51.4 Å². The Bertz CT molecular complexity index is 759. The molecule has 1 N–H and O–H groups in total. The van der Waals surface area contributed by atoms with Crippen LogP contribution in [0.25, 0.3) is 0 Å². The number of aromatic hydroxyl groups is 1.